The van der Waals surface area contributed by atoms with Crippen molar-refractivity contribution in [2.75, 3.05) is 13.1 Å². The summed E-state index contributed by atoms with van der Waals surface area (Å²) in [6.45, 7) is 5.70. The highest BCUT2D eigenvalue weighted by Crippen LogP contribution is 2.29. The number of aromatic nitrogens is 1. The predicted molar refractivity (Wildman–Crippen MR) is 113 cm³/mol. The lowest BCUT2D eigenvalue weighted by Gasteiger charge is -2.31. The van der Waals surface area contributed by atoms with Gasteiger partial charge in [-0.2, -0.15) is 0 Å². The number of hydrogen-bond acceptors (Lipinski definition) is 4. The minimum absolute atomic E-state index is 0.0278. The van der Waals surface area contributed by atoms with Crippen LogP contribution in [0.3, 0.4) is 0 Å². The van der Waals surface area contributed by atoms with Crippen LogP contribution >= 0.6 is 11.3 Å². The number of carbonyl (C=O) groups excluding carboxylic acids is 2. The SMILES string of the molecule is CC(C)C(=O)NCc1csc(C2CCCN(C(=O)/C=C/c3ccccc3)C2)n1. The lowest BCUT2D eigenvalue weighted by Crippen LogP contribution is -2.38. The zero-order valence-electron chi connectivity index (χ0n) is 16.4. The van der Waals surface area contributed by atoms with Crippen molar-refractivity contribution >= 4 is 29.2 Å². The van der Waals surface area contributed by atoms with Gasteiger partial charge in [0.2, 0.25) is 11.8 Å². The summed E-state index contributed by atoms with van der Waals surface area (Å²) in [4.78, 5) is 30.9. The number of hydrogen-bond donors (Lipinski definition) is 1. The van der Waals surface area contributed by atoms with Crippen molar-refractivity contribution < 1.29 is 9.59 Å². The van der Waals surface area contributed by atoms with Gasteiger partial charge in [-0.1, -0.05) is 44.2 Å². The Morgan fingerprint density at radius 1 is 1.32 bits per heavy atom. The number of benzene rings is 1. The summed E-state index contributed by atoms with van der Waals surface area (Å²) in [7, 11) is 0. The van der Waals surface area contributed by atoms with Crippen LogP contribution in [0.1, 0.15) is 48.9 Å². The van der Waals surface area contributed by atoms with E-state index in [1.165, 1.54) is 0 Å². The molecule has 1 unspecified atom stereocenters. The van der Waals surface area contributed by atoms with E-state index in [0.717, 1.165) is 35.7 Å². The van der Waals surface area contributed by atoms with Crippen molar-refractivity contribution in [3.8, 4) is 0 Å². The van der Waals surface area contributed by atoms with E-state index < -0.39 is 0 Å². The third-order valence-electron chi connectivity index (χ3n) is 4.84. The van der Waals surface area contributed by atoms with Crippen molar-refractivity contribution in [1.82, 2.24) is 15.2 Å². The standard InChI is InChI=1S/C22H27N3O2S/c1-16(2)21(27)23-13-19-15-28-22(24-19)18-9-6-12-25(14-18)20(26)11-10-17-7-4-3-5-8-17/h3-5,7-8,10-11,15-16,18H,6,9,12-14H2,1-2H3,(H,23,27)/b11-10+. The Labute approximate surface area is 170 Å². The number of rotatable bonds is 6. The van der Waals surface area contributed by atoms with Gasteiger partial charge in [-0.05, 0) is 24.5 Å². The third-order valence-corrected chi connectivity index (χ3v) is 5.89. The molecule has 1 atom stereocenters. The molecular weight excluding hydrogens is 370 g/mol. The molecule has 2 heterocycles. The maximum atomic E-state index is 12.6. The number of likely N-dealkylation sites (tertiary alicyclic amines) is 1. The van der Waals surface area contributed by atoms with Crippen LogP contribution in [0.15, 0.2) is 41.8 Å². The maximum Gasteiger partial charge on any atom is 0.246 e. The lowest BCUT2D eigenvalue weighted by molar-refractivity contribution is -0.127. The average Bonchev–Trinajstić information content (AvgIpc) is 3.20. The highest BCUT2D eigenvalue weighted by atomic mass is 32.1. The molecule has 0 radical (unpaired) electrons. The molecule has 2 aromatic rings. The van der Waals surface area contributed by atoms with Gasteiger partial charge in [0.1, 0.15) is 0 Å². The number of piperidine rings is 1. The quantitative estimate of drug-likeness (QED) is 0.754. The first kappa shape index (κ1) is 20.3. The normalized spacial score (nSPS) is 17.2. The number of nitrogens with one attached hydrogen (secondary N) is 1. The van der Waals surface area contributed by atoms with E-state index in [1.54, 1.807) is 17.4 Å². The van der Waals surface area contributed by atoms with Crippen molar-refractivity contribution in [3.05, 3.63) is 58.1 Å². The van der Waals surface area contributed by atoms with E-state index >= 15 is 0 Å². The molecule has 6 heteroatoms. The molecule has 1 aromatic heterocycles. The first-order valence-electron chi connectivity index (χ1n) is 9.77. The van der Waals surface area contributed by atoms with E-state index in [0.29, 0.717) is 13.1 Å². The summed E-state index contributed by atoms with van der Waals surface area (Å²) < 4.78 is 0. The molecule has 1 aliphatic heterocycles. The van der Waals surface area contributed by atoms with Gasteiger partial charge in [-0.3, -0.25) is 9.59 Å². The molecule has 0 bridgehead atoms. The Morgan fingerprint density at radius 2 is 2.11 bits per heavy atom. The van der Waals surface area contributed by atoms with Gasteiger partial charge in [0.05, 0.1) is 17.2 Å². The van der Waals surface area contributed by atoms with E-state index in [4.69, 9.17) is 4.98 Å². The highest BCUT2D eigenvalue weighted by molar-refractivity contribution is 7.09. The fourth-order valence-corrected chi connectivity index (χ4v) is 4.14. The molecular formula is C22H27N3O2S. The Bertz CT molecular complexity index is 829. The van der Waals surface area contributed by atoms with Crippen molar-refractivity contribution in [2.24, 2.45) is 5.92 Å². The third kappa shape index (κ3) is 5.52. The van der Waals surface area contributed by atoms with Gasteiger partial charge in [0.25, 0.3) is 0 Å². The van der Waals surface area contributed by atoms with Gasteiger partial charge in [0.15, 0.2) is 0 Å². The van der Waals surface area contributed by atoms with Crippen molar-refractivity contribution in [1.29, 1.82) is 0 Å². The summed E-state index contributed by atoms with van der Waals surface area (Å²) in [5, 5.41) is 5.97. The number of carbonyl (C=O) groups is 2. The highest BCUT2D eigenvalue weighted by Gasteiger charge is 2.25. The van der Waals surface area contributed by atoms with Gasteiger partial charge < -0.3 is 10.2 Å². The molecule has 0 spiro atoms. The zero-order valence-corrected chi connectivity index (χ0v) is 17.2. The smallest absolute Gasteiger partial charge is 0.246 e. The molecule has 2 amide bonds. The summed E-state index contributed by atoms with van der Waals surface area (Å²) in [6, 6.07) is 9.86. The summed E-state index contributed by atoms with van der Waals surface area (Å²) in [5.74, 6) is 0.325. The molecule has 5 nitrogen and oxygen atoms in total. The van der Waals surface area contributed by atoms with E-state index in [9.17, 15) is 9.59 Å². The second-order valence-electron chi connectivity index (χ2n) is 7.42. The largest absolute Gasteiger partial charge is 0.350 e. The number of amides is 2. The van der Waals surface area contributed by atoms with Crippen LogP contribution in [0, 0.1) is 5.92 Å². The Kier molecular flexibility index (Phi) is 6.98. The summed E-state index contributed by atoms with van der Waals surface area (Å²) in [6.07, 6.45) is 5.54. The van der Waals surface area contributed by atoms with Crippen LogP contribution in [0.5, 0.6) is 0 Å². The van der Waals surface area contributed by atoms with Gasteiger partial charge in [-0.15, -0.1) is 11.3 Å². The van der Waals surface area contributed by atoms with Crippen molar-refractivity contribution in [3.63, 3.8) is 0 Å². The van der Waals surface area contributed by atoms with Crippen LogP contribution in [0.4, 0.5) is 0 Å². The molecule has 148 valence electrons. The molecule has 28 heavy (non-hydrogen) atoms. The Balaban J connectivity index is 1.56. The van der Waals surface area contributed by atoms with Crippen LogP contribution in [0.2, 0.25) is 0 Å². The average molecular weight is 398 g/mol. The molecule has 1 saturated heterocycles. The maximum absolute atomic E-state index is 12.6. The van der Waals surface area contributed by atoms with E-state index in [-0.39, 0.29) is 23.7 Å². The Morgan fingerprint density at radius 3 is 2.86 bits per heavy atom. The minimum atomic E-state index is -0.0278. The Hall–Kier alpha value is -2.47. The lowest BCUT2D eigenvalue weighted by atomic mass is 9.98. The molecule has 0 saturated carbocycles. The van der Waals surface area contributed by atoms with Crippen LogP contribution in [-0.4, -0.2) is 34.8 Å². The van der Waals surface area contributed by atoms with E-state index in [2.05, 4.69) is 5.32 Å². The first-order valence-corrected chi connectivity index (χ1v) is 10.6. The van der Waals surface area contributed by atoms with Gasteiger partial charge in [-0.25, -0.2) is 4.98 Å². The van der Waals surface area contributed by atoms with Gasteiger partial charge in [0, 0.05) is 36.4 Å². The van der Waals surface area contributed by atoms with Crippen molar-refractivity contribution in [2.45, 2.75) is 39.2 Å². The molecule has 1 aliphatic rings. The molecule has 1 N–H and O–H groups in total. The summed E-state index contributed by atoms with van der Waals surface area (Å²) >= 11 is 1.62. The second-order valence-corrected chi connectivity index (χ2v) is 8.31. The number of thiazole rings is 1. The fourth-order valence-electron chi connectivity index (χ4n) is 3.19. The van der Waals surface area contributed by atoms with E-state index in [1.807, 2.05) is 60.5 Å². The summed E-state index contributed by atoms with van der Waals surface area (Å²) in [5.41, 5.74) is 1.92. The molecule has 1 fully saturated rings. The molecule has 0 aliphatic carbocycles. The van der Waals surface area contributed by atoms with Crippen LogP contribution < -0.4 is 5.32 Å². The van der Waals surface area contributed by atoms with Crippen LogP contribution in [0.25, 0.3) is 6.08 Å². The monoisotopic (exact) mass is 397 g/mol. The molecule has 1 aromatic carbocycles. The van der Waals surface area contributed by atoms with Gasteiger partial charge >= 0.3 is 0 Å². The minimum Gasteiger partial charge on any atom is -0.350 e. The predicted octanol–water partition coefficient (Wildman–Crippen LogP) is 3.83. The molecule has 3 rings (SSSR count). The fraction of sp³-hybridized carbons (Fsp3) is 0.409. The zero-order chi connectivity index (χ0) is 19.9. The first-order chi connectivity index (χ1) is 13.5. The number of nitrogens with zero attached hydrogens (tertiary/aromatic N) is 2. The topological polar surface area (TPSA) is 62.3 Å². The second kappa shape index (κ2) is 9.64. The van der Waals surface area contributed by atoms with Crippen LogP contribution in [-0.2, 0) is 16.1 Å².